The molecule has 0 aliphatic heterocycles. The molecule has 30 heteroatoms. The van der Waals surface area contributed by atoms with Gasteiger partial charge in [-0.15, -0.1) is 0 Å². The molecule has 22 nitrogen and oxygen atoms in total. The smallest absolute Gasteiger partial charge is 0.412 e. The van der Waals surface area contributed by atoms with Crippen molar-refractivity contribution < 1.29 is 232 Å². The molecule has 2 aliphatic carbocycles. The second kappa shape index (κ2) is 77.5. The number of para-hydroxylation sites is 2. The molecule has 6 aromatic carbocycles. The molecule has 0 amide bonds. The molecular formula is C70H130N2O20Si2Ti6. The van der Waals surface area contributed by atoms with E-state index in [-0.39, 0.29) is 213 Å². The maximum absolute atomic E-state index is 9.92. The Bertz CT molecular complexity index is 2270. The minimum atomic E-state index is -4.35. The molecule has 8 rings (SSSR count). The van der Waals surface area contributed by atoms with Gasteiger partial charge in [0.1, 0.15) is 0 Å². The van der Waals surface area contributed by atoms with Crippen molar-refractivity contribution in [1.82, 2.24) is 0 Å². The molecule has 572 valence electrons. The Kier molecular flexibility index (Phi) is 107. The number of rotatable bonds is 2. The van der Waals surface area contributed by atoms with E-state index in [9.17, 15) is 28.8 Å². The van der Waals surface area contributed by atoms with Crippen LogP contribution in [0.25, 0.3) is 22.3 Å². The second-order valence-electron chi connectivity index (χ2n) is 23.5. The molecule has 0 fully saturated rings. The van der Waals surface area contributed by atoms with Gasteiger partial charge in [0.05, 0.1) is 10.1 Å². The van der Waals surface area contributed by atoms with Crippen LogP contribution in [0.1, 0.15) is 175 Å². The summed E-state index contributed by atoms with van der Waals surface area (Å²) in [6, 6.07) is 49.2. The molecule has 100 heavy (non-hydrogen) atoms. The molecule has 0 saturated carbocycles. The largest absolute Gasteiger partial charge is 0.508 e. The first-order valence-corrected chi connectivity index (χ1v) is 33.9. The van der Waals surface area contributed by atoms with E-state index in [1.165, 1.54) is 0 Å². The first kappa shape index (κ1) is 138. The van der Waals surface area contributed by atoms with Gasteiger partial charge >= 0.3 is 17.6 Å². The van der Waals surface area contributed by atoms with Gasteiger partial charge in [-0.1, -0.05) is 133 Å². The first-order chi connectivity index (χ1) is 41.0. The van der Waals surface area contributed by atoms with E-state index in [2.05, 4.69) is 0 Å². The summed E-state index contributed by atoms with van der Waals surface area (Å²) >= 11 is 0. The standard InChI is InChI=1S/2C14H14O3Si.2C6H7N.10C3H8O.4H2O.6Ti/c2*1-14(18(15,16)17)12-8-4-2-6-10(12)11-7-3-5-9-13(11)14;2*7-6-4-2-1-3-5-6;10*1-3(2)4;;;;;;;;;;/h2*2-9,15-17H,1H3;2*1-5H,7H2;10*3-4H,1-2H3;4*1H2;;;;;;. The summed E-state index contributed by atoms with van der Waals surface area (Å²) < 4.78 is 0. The van der Waals surface area contributed by atoms with Crippen molar-refractivity contribution in [3.05, 3.63) is 180 Å². The van der Waals surface area contributed by atoms with Gasteiger partial charge < -0.3 is 113 Å². The Morgan fingerprint density at radius 1 is 0.230 bits per heavy atom. The van der Waals surface area contributed by atoms with Crippen molar-refractivity contribution in [2.75, 3.05) is 11.5 Å². The van der Waals surface area contributed by atoms with Crippen molar-refractivity contribution in [2.45, 2.75) is 223 Å². The summed E-state index contributed by atoms with van der Waals surface area (Å²) in [6.07, 6.45) is -1.67. The van der Waals surface area contributed by atoms with Crippen LogP contribution in [0.3, 0.4) is 0 Å². The molecule has 0 radical (unpaired) electrons. The number of hydrogen-bond donors (Lipinski definition) is 18. The first-order valence-electron chi connectivity index (χ1n) is 30.2. The van der Waals surface area contributed by atoms with Crippen LogP contribution in [-0.4, -0.2) is 180 Å². The molecular weight excluding hydrogens is 1530 g/mol. The van der Waals surface area contributed by atoms with Gasteiger partial charge in [0.15, 0.2) is 0 Å². The van der Waals surface area contributed by atoms with Crippen LogP contribution in [0.5, 0.6) is 0 Å². The number of nitrogens with two attached hydrogens (primary N) is 2. The second-order valence-corrected chi connectivity index (χ2v) is 28.0. The van der Waals surface area contributed by atoms with E-state index in [0.717, 1.165) is 55.9 Å². The third kappa shape index (κ3) is 75.1. The molecule has 0 saturated heterocycles. The fourth-order valence-corrected chi connectivity index (χ4v) is 8.85. The average Bonchev–Trinajstić information content (AvgIpc) is 1.57. The van der Waals surface area contributed by atoms with E-state index >= 15 is 0 Å². The Morgan fingerprint density at radius 3 is 0.420 bits per heavy atom. The normalized spacial score (nSPS) is 10.6. The molecule has 6 aromatic rings. The summed E-state index contributed by atoms with van der Waals surface area (Å²) in [5, 5.41) is 78.4. The van der Waals surface area contributed by atoms with Crippen molar-refractivity contribution in [1.29, 1.82) is 0 Å². The maximum Gasteiger partial charge on any atom is 0.508 e. The van der Waals surface area contributed by atoms with Gasteiger partial charge in [0, 0.05) is 203 Å². The van der Waals surface area contributed by atoms with Crippen LogP contribution in [0, 0.1) is 0 Å². The quantitative estimate of drug-likeness (QED) is 0.0703. The van der Waals surface area contributed by atoms with Gasteiger partial charge in [0.25, 0.3) is 0 Å². The minimum Gasteiger partial charge on any atom is -0.412 e. The van der Waals surface area contributed by atoms with Crippen molar-refractivity contribution in [2.24, 2.45) is 0 Å². The third-order valence-electron chi connectivity index (χ3n) is 9.38. The van der Waals surface area contributed by atoms with E-state index in [1.807, 2.05) is 158 Å². The van der Waals surface area contributed by atoms with Gasteiger partial charge in [-0.25, -0.2) is 0 Å². The fourth-order valence-electron chi connectivity index (χ4n) is 6.53. The van der Waals surface area contributed by atoms with Crippen LogP contribution in [0.2, 0.25) is 0 Å². The number of fused-ring (bicyclic) bond motifs is 6. The molecule has 0 heterocycles. The summed E-state index contributed by atoms with van der Waals surface area (Å²) in [6.45, 7) is 37.8. The number of anilines is 2. The molecule has 0 aromatic heterocycles. The number of aliphatic hydroxyl groups excluding tert-OH is 10. The number of benzene rings is 6. The van der Waals surface area contributed by atoms with Crippen LogP contribution in [0.15, 0.2) is 158 Å². The number of nitrogen functional groups attached to an aromatic ring is 2. The van der Waals surface area contributed by atoms with Gasteiger partial charge in [-0.2, -0.15) is 0 Å². The van der Waals surface area contributed by atoms with E-state index in [1.54, 1.807) is 152 Å². The maximum atomic E-state index is 9.92. The fraction of sp³-hybridized carbons (Fsp3) is 0.486. The summed E-state index contributed by atoms with van der Waals surface area (Å²) in [5.41, 5.74) is 19.3. The minimum absolute atomic E-state index is 0. The molecule has 28 N–H and O–H groups in total. The Hall–Kier alpha value is -1.16. The number of aliphatic hydroxyl groups is 10. The Balaban J connectivity index is -0.0000000571. The van der Waals surface area contributed by atoms with Crippen molar-refractivity contribution in [3.63, 3.8) is 0 Å². The van der Waals surface area contributed by atoms with Crippen LogP contribution in [0.4, 0.5) is 11.4 Å². The Morgan fingerprint density at radius 2 is 0.330 bits per heavy atom. The van der Waals surface area contributed by atoms with Gasteiger partial charge in [0.2, 0.25) is 0 Å². The molecule has 0 unspecified atom stereocenters. The van der Waals surface area contributed by atoms with Crippen LogP contribution >= 0.6 is 0 Å². The van der Waals surface area contributed by atoms with E-state index < -0.39 is 27.7 Å². The van der Waals surface area contributed by atoms with Gasteiger partial charge in [-0.3, -0.25) is 0 Å². The zero-order valence-corrected chi connectivity index (χ0v) is 74.5. The molecule has 0 bridgehead atoms. The summed E-state index contributed by atoms with van der Waals surface area (Å²) in [4.78, 5) is 59.5. The molecule has 0 atom stereocenters. The molecule has 0 spiro atoms. The Labute approximate surface area is 691 Å². The van der Waals surface area contributed by atoms with E-state index in [0.29, 0.717) is 0 Å². The van der Waals surface area contributed by atoms with E-state index in [4.69, 9.17) is 62.5 Å². The topological polar surface area (TPSA) is 502 Å². The number of hydrogen-bond acceptors (Lipinski definition) is 18. The molecule has 2 aliphatic rings. The van der Waals surface area contributed by atoms with Crippen molar-refractivity contribution >= 4 is 29.0 Å². The predicted molar refractivity (Wildman–Crippen MR) is 391 cm³/mol. The average molecular weight is 1660 g/mol. The van der Waals surface area contributed by atoms with Crippen LogP contribution < -0.4 is 11.5 Å². The summed E-state index contributed by atoms with van der Waals surface area (Å²) in [7, 11) is -8.70. The van der Waals surface area contributed by atoms with Gasteiger partial charge in [-0.05, 0) is 221 Å². The monoisotopic (exact) mass is 1660 g/mol. The SMILES string of the molecule is CC(C)O.CC(C)O.CC(C)O.CC(C)O.CC(C)O.CC(C)O.CC(C)O.CC(C)O.CC(C)O.CC(C)O.CC1([Si](O)(O)O)c2ccccc2-c2ccccc21.CC1([Si](O)(O)O)c2ccccc2-c2ccccc21.Nc1ccccc1.Nc1ccccc1.O.O.O.O.[Ti].[Ti].[Ti].[Ti].[Ti].[Ti]. The summed E-state index contributed by atoms with van der Waals surface area (Å²) in [5.74, 6) is 0. The zero-order chi connectivity index (χ0) is 71.9. The predicted octanol–water partition coefficient (Wildman–Crippen LogP) is 5.95. The van der Waals surface area contributed by atoms with Crippen molar-refractivity contribution in [3.8, 4) is 22.3 Å². The third-order valence-corrected chi connectivity index (χ3v) is 13.1. The van der Waals surface area contributed by atoms with Crippen LogP contribution in [-0.2, 0) is 140 Å². The zero-order valence-electron chi connectivity index (χ0n) is 63.1.